The van der Waals surface area contributed by atoms with Gasteiger partial charge in [0.15, 0.2) is 11.6 Å². The summed E-state index contributed by atoms with van der Waals surface area (Å²) < 4.78 is 28.7. The molecule has 4 aromatic rings. The number of hydrogen-bond donors (Lipinski definition) is 2. The van der Waals surface area contributed by atoms with Gasteiger partial charge in [-0.05, 0) is 86.0 Å². The minimum absolute atomic E-state index is 0.0867. The summed E-state index contributed by atoms with van der Waals surface area (Å²) in [5, 5.41) is 3.70. The Balaban J connectivity index is 1.50. The first-order chi connectivity index (χ1) is 16.4. The Morgan fingerprint density at radius 3 is 2.24 bits per heavy atom. The zero-order valence-corrected chi connectivity index (χ0v) is 20.2. The third kappa shape index (κ3) is 4.78. The summed E-state index contributed by atoms with van der Waals surface area (Å²) in [6.07, 6.45) is 2.42. The Labute approximate surface area is 203 Å². The molecule has 2 N–H and O–H groups in total. The second kappa shape index (κ2) is 9.12. The average Bonchev–Trinajstić information content (AvgIpc) is 3.35. The summed E-state index contributed by atoms with van der Waals surface area (Å²) in [5.41, 5.74) is 4.26. The molecule has 0 atom stereocenters. The molecule has 7 nitrogen and oxygen atoms in total. The van der Waals surface area contributed by atoms with E-state index >= 15 is 0 Å². The van der Waals surface area contributed by atoms with Gasteiger partial charge in [0.25, 0.3) is 10.0 Å². The smallest absolute Gasteiger partial charge is 0.263 e. The highest BCUT2D eigenvalue weighted by atomic mass is 35.5. The van der Waals surface area contributed by atoms with Crippen LogP contribution < -0.4 is 14.9 Å². The van der Waals surface area contributed by atoms with Crippen molar-refractivity contribution in [1.82, 2.24) is 9.97 Å². The molecule has 1 aliphatic heterocycles. The fraction of sp³-hybridized carbons (Fsp3) is 0.200. The number of halogens is 1. The molecule has 1 fully saturated rings. The van der Waals surface area contributed by atoms with E-state index in [1.165, 1.54) is 42.8 Å². The van der Waals surface area contributed by atoms with Crippen LogP contribution in [0.25, 0.3) is 11.0 Å². The van der Waals surface area contributed by atoms with Gasteiger partial charge >= 0.3 is 0 Å². The van der Waals surface area contributed by atoms with Crippen LogP contribution in [-0.2, 0) is 10.0 Å². The molecule has 0 aliphatic carbocycles. The van der Waals surface area contributed by atoms with E-state index in [-0.39, 0.29) is 10.7 Å². The number of fused-ring (bicyclic) bond motifs is 1. The highest BCUT2D eigenvalue weighted by Crippen LogP contribution is 2.29. The number of aryl methyl sites for hydroxylation is 1. The molecule has 0 saturated carbocycles. The average molecular weight is 494 g/mol. The van der Waals surface area contributed by atoms with Crippen LogP contribution in [0.4, 0.5) is 23.0 Å². The first kappa shape index (κ1) is 22.4. The molecule has 1 saturated heterocycles. The van der Waals surface area contributed by atoms with Gasteiger partial charge in [0, 0.05) is 29.5 Å². The predicted octanol–water partition coefficient (Wildman–Crippen LogP) is 5.74. The molecule has 2 heterocycles. The summed E-state index contributed by atoms with van der Waals surface area (Å²) >= 11 is 5.92. The quantitative estimate of drug-likeness (QED) is 0.356. The van der Waals surface area contributed by atoms with Gasteiger partial charge in [0.1, 0.15) is 0 Å². The van der Waals surface area contributed by atoms with Gasteiger partial charge in [0.2, 0.25) is 0 Å². The lowest BCUT2D eigenvalue weighted by molar-refractivity contribution is 0.601. The summed E-state index contributed by atoms with van der Waals surface area (Å²) in [7, 11) is -3.90. The molecule has 9 heteroatoms. The molecule has 1 aliphatic rings. The minimum Gasteiger partial charge on any atom is -0.372 e. The van der Waals surface area contributed by atoms with Crippen molar-refractivity contribution >= 4 is 55.7 Å². The predicted molar refractivity (Wildman–Crippen MR) is 138 cm³/mol. The Morgan fingerprint density at radius 1 is 0.853 bits per heavy atom. The number of rotatable bonds is 6. The van der Waals surface area contributed by atoms with Crippen molar-refractivity contribution in [2.75, 3.05) is 28.0 Å². The second-order valence-electron chi connectivity index (χ2n) is 8.34. The SMILES string of the molecule is Cc1ccc2nc(NS(=O)(=O)c3ccc(Cl)cc3)c(Nc3ccc(N4CCCC4)cc3)nc2c1. The van der Waals surface area contributed by atoms with Crippen LogP contribution in [0, 0.1) is 6.92 Å². The van der Waals surface area contributed by atoms with Gasteiger partial charge < -0.3 is 10.2 Å². The molecular formula is C25H24ClN5O2S. The molecule has 0 bridgehead atoms. The first-order valence-electron chi connectivity index (χ1n) is 11.1. The Hall–Kier alpha value is -3.36. The summed E-state index contributed by atoms with van der Waals surface area (Å²) in [5.74, 6) is 0.444. The highest BCUT2D eigenvalue weighted by molar-refractivity contribution is 7.92. The van der Waals surface area contributed by atoms with Gasteiger partial charge in [-0.3, -0.25) is 4.72 Å². The first-order valence-corrected chi connectivity index (χ1v) is 12.9. The third-order valence-electron chi connectivity index (χ3n) is 5.78. The van der Waals surface area contributed by atoms with E-state index in [1.807, 2.05) is 37.3 Å². The molecule has 5 rings (SSSR count). The van der Waals surface area contributed by atoms with E-state index in [9.17, 15) is 8.42 Å². The van der Waals surface area contributed by atoms with E-state index < -0.39 is 10.0 Å². The normalized spacial score (nSPS) is 13.9. The number of sulfonamides is 1. The maximum atomic E-state index is 13.0. The summed E-state index contributed by atoms with van der Waals surface area (Å²) in [6, 6.07) is 19.7. The van der Waals surface area contributed by atoms with Crippen LogP contribution in [0.15, 0.2) is 71.6 Å². The standard InChI is InChI=1S/C25H24ClN5O2S/c1-17-4-13-22-23(16-17)29-24(27-19-7-9-20(10-8-19)31-14-2-3-15-31)25(28-22)30-34(32,33)21-11-5-18(26)6-12-21/h4-13,16H,2-3,14-15H2,1H3,(H,27,29)(H,28,30). The summed E-state index contributed by atoms with van der Waals surface area (Å²) in [4.78, 5) is 11.7. The van der Waals surface area contributed by atoms with E-state index in [4.69, 9.17) is 16.6 Å². The van der Waals surface area contributed by atoms with E-state index in [0.717, 1.165) is 24.3 Å². The van der Waals surface area contributed by atoms with Crippen molar-refractivity contribution in [3.05, 3.63) is 77.3 Å². The van der Waals surface area contributed by atoms with Crippen LogP contribution in [-0.4, -0.2) is 31.5 Å². The van der Waals surface area contributed by atoms with E-state index in [1.54, 1.807) is 0 Å². The largest absolute Gasteiger partial charge is 0.372 e. The molecular weight excluding hydrogens is 470 g/mol. The van der Waals surface area contributed by atoms with Crippen LogP contribution in [0.3, 0.4) is 0 Å². The van der Waals surface area contributed by atoms with Gasteiger partial charge in [-0.25, -0.2) is 18.4 Å². The lowest BCUT2D eigenvalue weighted by atomic mass is 10.2. The van der Waals surface area contributed by atoms with Crippen molar-refractivity contribution in [2.45, 2.75) is 24.7 Å². The number of hydrogen-bond acceptors (Lipinski definition) is 6. The molecule has 0 amide bonds. The minimum atomic E-state index is -3.90. The molecule has 0 radical (unpaired) electrons. The van der Waals surface area contributed by atoms with Gasteiger partial charge in [-0.2, -0.15) is 0 Å². The molecule has 3 aromatic carbocycles. The van der Waals surface area contributed by atoms with Crippen LogP contribution in [0.2, 0.25) is 5.02 Å². The Kier molecular flexibility index (Phi) is 6.02. The lowest BCUT2D eigenvalue weighted by Crippen LogP contribution is -2.17. The number of nitrogens with zero attached hydrogens (tertiary/aromatic N) is 3. The van der Waals surface area contributed by atoms with Gasteiger partial charge in [-0.1, -0.05) is 17.7 Å². The number of aromatic nitrogens is 2. The topological polar surface area (TPSA) is 87.2 Å². The molecule has 0 unspecified atom stereocenters. The van der Waals surface area contributed by atoms with E-state index in [2.05, 4.69) is 32.1 Å². The third-order valence-corrected chi connectivity index (χ3v) is 7.38. The lowest BCUT2D eigenvalue weighted by Gasteiger charge is -2.18. The number of anilines is 4. The maximum absolute atomic E-state index is 13.0. The monoisotopic (exact) mass is 493 g/mol. The Bertz CT molecular complexity index is 1440. The fourth-order valence-electron chi connectivity index (χ4n) is 3.99. The van der Waals surface area contributed by atoms with Gasteiger partial charge in [-0.15, -0.1) is 0 Å². The van der Waals surface area contributed by atoms with Crippen LogP contribution in [0.5, 0.6) is 0 Å². The zero-order valence-electron chi connectivity index (χ0n) is 18.6. The zero-order chi connectivity index (χ0) is 23.7. The van der Waals surface area contributed by atoms with E-state index in [0.29, 0.717) is 21.9 Å². The van der Waals surface area contributed by atoms with Crippen LogP contribution >= 0.6 is 11.6 Å². The van der Waals surface area contributed by atoms with Crippen molar-refractivity contribution in [3.63, 3.8) is 0 Å². The van der Waals surface area contributed by atoms with Gasteiger partial charge in [0.05, 0.1) is 15.9 Å². The molecule has 174 valence electrons. The Morgan fingerprint density at radius 2 is 1.53 bits per heavy atom. The number of nitrogens with one attached hydrogen (secondary N) is 2. The molecule has 34 heavy (non-hydrogen) atoms. The fourth-order valence-corrected chi connectivity index (χ4v) is 5.13. The van der Waals surface area contributed by atoms with Crippen molar-refractivity contribution in [2.24, 2.45) is 0 Å². The molecule has 0 spiro atoms. The highest BCUT2D eigenvalue weighted by Gasteiger charge is 2.19. The number of benzene rings is 3. The summed E-state index contributed by atoms with van der Waals surface area (Å²) in [6.45, 7) is 4.11. The second-order valence-corrected chi connectivity index (χ2v) is 10.5. The van der Waals surface area contributed by atoms with Crippen molar-refractivity contribution < 1.29 is 8.42 Å². The molecule has 1 aromatic heterocycles. The van der Waals surface area contributed by atoms with Crippen molar-refractivity contribution in [3.8, 4) is 0 Å². The van der Waals surface area contributed by atoms with Crippen LogP contribution in [0.1, 0.15) is 18.4 Å². The van der Waals surface area contributed by atoms with Crippen molar-refractivity contribution in [1.29, 1.82) is 0 Å². The maximum Gasteiger partial charge on any atom is 0.263 e.